The predicted octanol–water partition coefficient (Wildman–Crippen LogP) is 2.48. The van der Waals surface area contributed by atoms with E-state index < -0.39 is 5.97 Å². The number of nitrogens with zero attached hydrogens (tertiary/aromatic N) is 2. The van der Waals surface area contributed by atoms with Crippen LogP contribution in [0.15, 0.2) is 12.3 Å². The minimum Gasteiger partial charge on any atom is -0.481 e. The zero-order valence-corrected chi connectivity index (χ0v) is 11.1. The predicted molar refractivity (Wildman–Crippen MR) is 70.9 cm³/mol. The van der Waals surface area contributed by atoms with Crippen molar-refractivity contribution in [3.8, 4) is 0 Å². The highest BCUT2D eigenvalue weighted by molar-refractivity contribution is 5.73. The maximum absolute atomic E-state index is 11.3. The summed E-state index contributed by atoms with van der Waals surface area (Å²) in [6, 6.07) is 1.99. The van der Waals surface area contributed by atoms with E-state index in [-0.39, 0.29) is 11.8 Å². The van der Waals surface area contributed by atoms with Crippen molar-refractivity contribution in [1.82, 2.24) is 15.0 Å². The lowest BCUT2D eigenvalue weighted by Gasteiger charge is -2.12. The second-order valence-corrected chi connectivity index (χ2v) is 5.63. The van der Waals surface area contributed by atoms with Gasteiger partial charge in [-0.15, -0.1) is 0 Å². The van der Waals surface area contributed by atoms with Crippen LogP contribution < -0.4 is 0 Å². The Bertz CT molecular complexity index is 635. The van der Waals surface area contributed by atoms with E-state index in [0.717, 1.165) is 29.7 Å². The van der Waals surface area contributed by atoms with Crippen LogP contribution in [0.25, 0.3) is 11.2 Å². The number of carbonyl (C=O) groups is 1. The Labute approximate surface area is 111 Å². The number of hydrogen-bond donors (Lipinski definition) is 2. The lowest BCUT2D eigenvalue weighted by Crippen LogP contribution is -2.17. The Balaban J connectivity index is 2.01. The summed E-state index contributed by atoms with van der Waals surface area (Å²) in [7, 11) is 0. The number of nitrogens with one attached hydrogen (secondary N) is 1. The van der Waals surface area contributed by atoms with E-state index in [1.54, 1.807) is 6.20 Å². The smallest absolute Gasteiger partial charge is 0.307 e. The van der Waals surface area contributed by atoms with Gasteiger partial charge in [0, 0.05) is 12.1 Å². The molecule has 0 saturated heterocycles. The van der Waals surface area contributed by atoms with Crippen molar-refractivity contribution >= 4 is 17.1 Å². The standard InChI is InChI=1S/C14H17N3O2/c1-7-3-9(10(4-7)14(18)19)12-16-11-5-8(2)6-15-13(11)17-12/h5-7,9-10H,3-4H2,1-2H3,(H,18,19)(H,15,16,17). The lowest BCUT2D eigenvalue weighted by molar-refractivity contribution is -0.142. The molecule has 0 bridgehead atoms. The molecule has 0 amide bonds. The molecule has 0 aliphatic heterocycles. The molecule has 1 saturated carbocycles. The molecule has 3 unspecified atom stereocenters. The second-order valence-electron chi connectivity index (χ2n) is 5.63. The first-order valence-electron chi connectivity index (χ1n) is 6.59. The number of imidazole rings is 1. The normalized spacial score (nSPS) is 26.9. The number of aromatic amines is 1. The van der Waals surface area contributed by atoms with Gasteiger partial charge in [0.2, 0.25) is 0 Å². The van der Waals surface area contributed by atoms with Gasteiger partial charge in [-0.25, -0.2) is 9.97 Å². The Morgan fingerprint density at radius 1 is 1.47 bits per heavy atom. The minimum absolute atomic E-state index is 0.0259. The average molecular weight is 259 g/mol. The number of rotatable bonds is 2. The maximum atomic E-state index is 11.3. The number of aryl methyl sites for hydroxylation is 1. The van der Waals surface area contributed by atoms with Crippen molar-refractivity contribution in [2.24, 2.45) is 11.8 Å². The van der Waals surface area contributed by atoms with Gasteiger partial charge in [0.05, 0.1) is 11.4 Å². The third-order valence-corrected chi connectivity index (χ3v) is 3.96. The summed E-state index contributed by atoms with van der Waals surface area (Å²) in [5.41, 5.74) is 2.63. The molecule has 3 rings (SSSR count). The van der Waals surface area contributed by atoms with Crippen molar-refractivity contribution < 1.29 is 9.90 Å². The van der Waals surface area contributed by atoms with Gasteiger partial charge in [-0.1, -0.05) is 6.92 Å². The molecule has 1 aliphatic rings. The molecule has 5 heteroatoms. The quantitative estimate of drug-likeness (QED) is 0.868. The Kier molecular flexibility index (Phi) is 2.77. The van der Waals surface area contributed by atoms with Gasteiger partial charge in [0.1, 0.15) is 5.82 Å². The fraction of sp³-hybridized carbons (Fsp3) is 0.500. The summed E-state index contributed by atoms with van der Waals surface area (Å²) >= 11 is 0. The number of pyridine rings is 1. The summed E-state index contributed by atoms with van der Waals surface area (Å²) in [5, 5.41) is 9.32. The molecule has 0 radical (unpaired) electrons. The molecule has 5 nitrogen and oxygen atoms in total. The van der Waals surface area contributed by atoms with Crippen molar-refractivity contribution in [2.75, 3.05) is 0 Å². The SMILES string of the molecule is Cc1cnc2nc(C3CC(C)CC3C(=O)O)[nH]c2c1. The van der Waals surface area contributed by atoms with E-state index in [9.17, 15) is 9.90 Å². The highest BCUT2D eigenvalue weighted by Crippen LogP contribution is 2.42. The molecular formula is C14H17N3O2. The molecule has 100 valence electrons. The molecule has 2 aromatic rings. The van der Waals surface area contributed by atoms with E-state index in [1.165, 1.54) is 0 Å². The van der Waals surface area contributed by atoms with Crippen LogP contribution in [0.5, 0.6) is 0 Å². The number of hydrogen-bond acceptors (Lipinski definition) is 3. The number of aromatic nitrogens is 3. The van der Waals surface area contributed by atoms with Gasteiger partial charge in [-0.05, 0) is 37.3 Å². The summed E-state index contributed by atoms with van der Waals surface area (Å²) in [6.07, 6.45) is 3.37. The van der Waals surface area contributed by atoms with Gasteiger partial charge in [-0.3, -0.25) is 4.79 Å². The van der Waals surface area contributed by atoms with Gasteiger partial charge in [0.15, 0.2) is 5.65 Å². The summed E-state index contributed by atoms with van der Waals surface area (Å²) in [6.45, 7) is 4.08. The van der Waals surface area contributed by atoms with Crippen molar-refractivity contribution in [2.45, 2.75) is 32.6 Å². The lowest BCUT2D eigenvalue weighted by atomic mass is 9.96. The molecular weight excluding hydrogens is 242 g/mol. The molecule has 2 aromatic heterocycles. The number of carboxylic acids is 1. The third kappa shape index (κ3) is 2.09. The highest BCUT2D eigenvalue weighted by atomic mass is 16.4. The maximum Gasteiger partial charge on any atom is 0.307 e. The van der Waals surface area contributed by atoms with Crippen LogP contribution in [0.1, 0.15) is 37.1 Å². The molecule has 2 N–H and O–H groups in total. The van der Waals surface area contributed by atoms with E-state index in [0.29, 0.717) is 11.6 Å². The second kappa shape index (κ2) is 4.33. The monoisotopic (exact) mass is 259 g/mol. The zero-order chi connectivity index (χ0) is 13.6. The largest absolute Gasteiger partial charge is 0.481 e. The molecule has 1 aliphatic carbocycles. The first kappa shape index (κ1) is 12.1. The fourth-order valence-electron chi connectivity index (χ4n) is 3.07. The first-order chi connectivity index (χ1) is 9.04. The van der Waals surface area contributed by atoms with Crippen LogP contribution >= 0.6 is 0 Å². The molecule has 0 aromatic carbocycles. The summed E-state index contributed by atoms with van der Waals surface area (Å²) in [5.74, 6) is 0.108. The minimum atomic E-state index is -0.723. The van der Waals surface area contributed by atoms with E-state index >= 15 is 0 Å². The molecule has 3 atom stereocenters. The fourth-order valence-corrected chi connectivity index (χ4v) is 3.07. The number of carboxylic acid groups (broad SMARTS) is 1. The Hall–Kier alpha value is -1.91. The number of aliphatic carboxylic acids is 1. The van der Waals surface area contributed by atoms with Crippen LogP contribution in [0.2, 0.25) is 0 Å². The van der Waals surface area contributed by atoms with E-state index in [4.69, 9.17) is 0 Å². The zero-order valence-electron chi connectivity index (χ0n) is 11.1. The third-order valence-electron chi connectivity index (χ3n) is 3.96. The molecule has 0 spiro atoms. The topological polar surface area (TPSA) is 78.9 Å². The Morgan fingerprint density at radius 3 is 3.00 bits per heavy atom. The van der Waals surface area contributed by atoms with E-state index in [1.807, 2.05) is 13.0 Å². The van der Waals surface area contributed by atoms with Crippen molar-refractivity contribution in [3.63, 3.8) is 0 Å². The number of fused-ring (bicyclic) bond motifs is 1. The van der Waals surface area contributed by atoms with Crippen LogP contribution in [0.4, 0.5) is 0 Å². The average Bonchev–Trinajstić information content (AvgIpc) is 2.91. The number of H-pyrrole nitrogens is 1. The van der Waals surface area contributed by atoms with Gasteiger partial charge in [0.25, 0.3) is 0 Å². The molecule has 19 heavy (non-hydrogen) atoms. The summed E-state index contributed by atoms with van der Waals surface area (Å²) in [4.78, 5) is 23.3. The molecule has 1 fully saturated rings. The van der Waals surface area contributed by atoms with Crippen LogP contribution in [0.3, 0.4) is 0 Å². The van der Waals surface area contributed by atoms with Crippen LogP contribution in [0, 0.1) is 18.8 Å². The Morgan fingerprint density at radius 2 is 2.26 bits per heavy atom. The van der Waals surface area contributed by atoms with Crippen LogP contribution in [-0.4, -0.2) is 26.0 Å². The van der Waals surface area contributed by atoms with Gasteiger partial charge in [-0.2, -0.15) is 0 Å². The van der Waals surface area contributed by atoms with Crippen LogP contribution in [-0.2, 0) is 4.79 Å². The molecule has 2 heterocycles. The first-order valence-corrected chi connectivity index (χ1v) is 6.59. The van der Waals surface area contributed by atoms with Gasteiger partial charge >= 0.3 is 5.97 Å². The summed E-state index contributed by atoms with van der Waals surface area (Å²) < 4.78 is 0. The van der Waals surface area contributed by atoms with E-state index in [2.05, 4.69) is 21.9 Å². The van der Waals surface area contributed by atoms with Crippen molar-refractivity contribution in [3.05, 3.63) is 23.7 Å². The highest BCUT2D eigenvalue weighted by Gasteiger charge is 2.39. The van der Waals surface area contributed by atoms with Gasteiger partial charge < -0.3 is 10.1 Å². The van der Waals surface area contributed by atoms with Crippen molar-refractivity contribution in [1.29, 1.82) is 0 Å².